The van der Waals surface area contributed by atoms with Crippen molar-refractivity contribution in [3.05, 3.63) is 48.3 Å². The molecule has 106 valence electrons. The molecule has 0 fully saturated rings. The minimum absolute atomic E-state index is 0.0162. The first-order valence-electron chi connectivity index (χ1n) is 5.86. The number of nitrogens with two attached hydrogens (primary N) is 1. The van der Waals surface area contributed by atoms with E-state index in [-0.39, 0.29) is 23.5 Å². The van der Waals surface area contributed by atoms with Gasteiger partial charge in [-0.15, -0.1) is 0 Å². The van der Waals surface area contributed by atoms with Gasteiger partial charge in [-0.2, -0.15) is 20.1 Å². The molecule has 0 aliphatic rings. The van der Waals surface area contributed by atoms with Gasteiger partial charge in [0.15, 0.2) is 11.6 Å². The Bertz CT molecular complexity index is 773. The van der Waals surface area contributed by atoms with Crippen molar-refractivity contribution in [2.24, 2.45) is 0 Å². The van der Waals surface area contributed by atoms with Crippen LogP contribution >= 0.6 is 0 Å². The quantitative estimate of drug-likeness (QED) is 0.761. The average Bonchev–Trinajstić information content (AvgIpc) is 2.97. The van der Waals surface area contributed by atoms with Crippen LogP contribution in [0.1, 0.15) is 0 Å². The number of benzene rings is 1. The molecule has 21 heavy (non-hydrogen) atoms. The van der Waals surface area contributed by atoms with Crippen molar-refractivity contribution < 1.29 is 8.78 Å². The minimum Gasteiger partial charge on any atom is -0.368 e. The van der Waals surface area contributed by atoms with E-state index >= 15 is 0 Å². The summed E-state index contributed by atoms with van der Waals surface area (Å²) in [6.07, 6.45) is 3.15. The van der Waals surface area contributed by atoms with Crippen molar-refractivity contribution in [3.63, 3.8) is 0 Å². The van der Waals surface area contributed by atoms with Crippen LogP contribution in [-0.2, 0) is 0 Å². The molecule has 1 aromatic carbocycles. The molecule has 2 heterocycles. The molecule has 9 heteroatoms. The molecule has 0 radical (unpaired) electrons. The molecule has 2 aromatic heterocycles. The molecule has 0 saturated heterocycles. The fraction of sp³-hybridized carbons (Fsp3) is 0. The fourth-order valence-corrected chi connectivity index (χ4v) is 1.65. The van der Waals surface area contributed by atoms with Crippen LogP contribution in [0.15, 0.2) is 36.7 Å². The third-order valence-electron chi connectivity index (χ3n) is 2.55. The van der Waals surface area contributed by atoms with E-state index < -0.39 is 11.6 Å². The van der Waals surface area contributed by atoms with Crippen LogP contribution < -0.4 is 11.1 Å². The highest BCUT2D eigenvalue weighted by molar-refractivity contribution is 5.55. The summed E-state index contributed by atoms with van der Waals surface area (Å²) in [6.45, 7) is 0. The lowest BCUT2D eigenvalue weighted by Crippen LogP contribution is -2.10. The number of aromatic nitrogens is 5. The minimum atomic E-state index is -1.03. The first-order chi connectivity index (χ1) is 10.1. The average molecular weight is 289 g/mol. The van der Waals surface area contributed by atoms with Gasteiger partial charge in [-0.25, -0.2) is 13.5 Å². The van der Waals surface area contributed by atoms with E-state index in [0.717, 1.165) is 6.07 Å². The second-order valence-electron chi connectivity index (χ2n) is 3.99. The summed E-state index contributed by atoms with van der Waals surface area (Å²) in [7, 11) is 0. The highest BCUT2D eigenvalue weighted by Gasteiger charge is 2.11. The van der Waals surface area contributed by atoms with Crippen LogP contribution in [0.2, 0.25) is 0 Å². The lowest BCUT2D eigenvalue weighted by molar-refractivity contribution is 0.511. The Kier molecular flexibility index (Phi) is 3.14. The summed E-state index contributed by atoms with van der Waals surface area (Å²) < 4.78 is 28.1. The van der Waals surface area contributed by atoms with Gasteiger partial charge in [0.05, 0.1) is 5.69 Å². The Morgan fingerprint density at radius 1 is 1.10 bits per heavy atom. The number of nitrogens with zero attached hydrogens (tertiary/aromatic N) is 5. The summed E-state index contributed by atoms with van der Waals surface area (Å²) in [6, 6.07) is 5.41. The van der Waals surface area contributed by atoms with Gasteiger partial charge in [-0.1, -0.05) is 6.07 Å². The molecule has 3 aromatic rings. The topological polar surface area (TPSA) is 94.5 Å². The number of nitrogens with one attached hydrogen (secondary N) is 1. The van der Waals surface area contributed by atoms with Crippen LogP contribution in [0.4, 0.5) is 26.4 Å². The predicted molar refractivity (Wildman–Crippen MR) is 71.0 cm³/mol. The number of nitrogen functional groups attached to an aromatic ring is 1. The Morgan fingerprint density at radius 2 is 1.95 bits per heavy atom. The molecule has 0 amide bonds. The largest absolute Gasteiger partial charge is 0.368 e. The van der Waals surface area contributed by atoms with E-state index in [1.165, 1.54) is 16.8 Å². The van der Waals surface area contributed by atoms with Crippen LogP contribution in [0.3, 0.4) is 0 Å². The molecular formula is C12H9F2N7. The first kappa shape index (κ1) is 12.9. The van der Waals surface area contributed by atoms with Gasteiger partial charge in [-0.3, -0.25) is 0 Å². The lowest BCUT2D eigenvalue weighted by Gasteiger charge is -2.08. The van der Waals surface area contributed by atoms with Gasteiger partial charge >= 0.3 is 0 Å². The summed E-state index contributed by atoms with van der Waals surface area (Å²) in [4.78, 5) is 11.8. The third kappa shape index (κ3) is 2.61. The molecular weight excluding hydrogens is 280 g/mol. The van der Waals surface area contributed by atoms with Gasteiger partial charge < -0.3 is 11.1 Å². The zero-order valence-corrected chi connectivity index (χ0v) is 10.5. The monoisotopic (exact) mass is 289 g/mol. The van der Waals surface area contributed by atoms with E-state index in [2.05, 4.69) is 25.4 Å². The molecule has 0 aliphatic heterocycles. The van der Waals surface area contributed by atoms with Crippen LogP contribution in [0.25, 0.3) is 5.95 Å². The number of halogens is 2. The first-order valence-corrected chi connectivity index (χ1v) is 5.86. The Hall–Kier alpha value is -3.10. The zero-order valence-electron chi connectivity index (χ0n) is 10.5. The summed E-state index contributed by atoms with van der Waals surface area (Å²) >= 11 is 0. The van der Waals surface area contributed by atoms with Gasteiger partial charge in [0.25, 0.3) is 5.95 Å². The standard InChI is InChI=1S/C12H9F2N7/c13-7-3-1-4-8(9(7)14)17-11-18-10(15)19-12(20-11)21-6-2-5-16-21/h1-6H,(H3,15,17,18,19,20). The molecule has 3 rings (SSSR count). The molecule has 0 saturated carbocycles. The smallest absolute Gasteiger partial charge is 0.257 e. The van der Waals surface area contributed by atoms with Crippen LogP contribution in [-0.4, -0.2) is 24.7 Å². The highest BCUT2D eigenvalue weighted by atomic mass is 19.2. The number of hydrogen-bond donors (Lipinski definition) is 2. The highest BCUT2D eigenvalue weighted by Crippen LogP contribution is 2.20. The van der Waals surface area contributed by atoms with Gasteiger partial charge in [0.1, 0.15) is 0 Å². The molecule has 0 unspecified atom stereocenters. The molecule has 0 aliphatic carbocycles. The van der Waals surface area contributed by atoms with Crippen LogP contribution in [0, 0.1) is 11.6 Å². The van der Waals surface area contributed by atoms with Gasteiger partial charge in [-0.05, 0) is 18.2 Å². The van der Waals surface area contributed by atoms with Crippen molar-refractivity contribution in [1.29, 1.82) is 0 Å². The fourth-order valence-electron chi connectivity index (χ4n) is 1.65. The Balaban J connectivity index is 1.98. The number of anilines is 3. The maximum atomic E-state index is 13.6. The third-order valence-corrected chi connectivity index (χ3v) is 2.55. The van der Waals surface area contributed by atoms with E-state index in [1.807, 2.05) is 0 Å². The predicted octanol–water partition coefficient (Wildman–Crippen LogP) is 1.66. The second-order valence-corrected chi connectivity index (χ2v) is 3.99. The van der Waals surface area contributed by atoms with Gasteiger partial charge in [0.2, 0.25) is 11.9 Å². The number of hydrogen-bond acceptors (Lipinski definition) is 6. The van der Waals surface area contributed by atoms with Crippen molar-refractivity contribution in [2.75, 3.05) is 11.1 Å². The van der Waals surface area contributed by atoms with E-state index in [1.54, 1.807) is 18.5 Å². The molecule has 3 N–H and O–H groups in total. The summed E-state index contributed by atoms with van der Waals surface area (Å²) in [5.74, 6) is -1.94. The summed E-state index contributed by atoms with van der Waals surface area (Å²) in [5, 5.41) is 6.51. The van der Waals surface area contributed by atoms with E-state index in [9.17, 15) is 8.78 Å². The number of rotatable bonds is 3. The van der Waals surface area contributed by atoms with Crippen molar-refractivity contribution in [1.82, 2.24) is 24.7 Å². The van der Waals surface area contributed by atoms with Crippen molar-refractivity contribution in [2.45, 2.75) is 0 Å². The SMILES string of the molecule is Nc1nc(Nc2cccc(F)c2F)nc(-n2cccn2)n1. The normalized spacial score (nSPS) is 10.6. The van der Waals surface area contributed by atoms with Crippen LogP contribution in [0.5, 0.6) is 0 Å². The van der Waals surface area contributed by atoms with E-state index in [4.69, 9.17) is 5.73 Å². The van der Waals surface area contributed by atoms with Crippen molar-refractivity contribution in [3.8, 4) is 5.95 Å². The van der Waals surface area contributed by atoms with E-state index in [0.29, 0.717) is 0 Å². The Labute approximate surface area is 117 Å². The zero-order chi connectivity index (χ0) is 14.8. The Morgan fingerprint density at radius 3 is 2.71 bits per heavy atom. The maximum Gasteiger partial charge on any atom is 0.257 e. The maximum absolute atomic E-state index is 13.6. The molecule has 0 bridgehead atoms. The summed E-state index contributed by atoms with van der Waals surface area (Å²) in [5.41, 5.74) is 5.47. The second kappa shape index (κ2) is 5.12. The van der Waals surface area contributed by atoms with Crippen molar-refractivity contribution >= 4 is 17.6 Å². The molecule has 7 nitrogen and oxygen atoms in total. The molecule has 0 atom stereocenters. The lowest BCUT2D eigenvalue weighted by atomic mass is 10.3. The van der Waals surface area contributed by atoms with Gasteiger partial charge in [0, 0.05) is 12.4 Å². The molecule has 0 spiro atoms.